The lowest BCUT2D eigenvalue weighted by molar-refractivity contribution is -0.0289. The molecule has 2 fully saturated rings. The Morgan fingerprint density at radius 2 is 2.00 bits per heavy atom. The Hall–Kier alpha value is -2.08. The van der Waals surface area contributed by atoms with Crippen LogP contribution in [-0.2, 0) is 11.4 Å². The molecule has 0 saturated heterocycles. The van der Waals surface area contributed by atoms with E-state index in [9.17, 15) is 0 Å². The molecule has 0 unspecified atom stereocenters. The highest BCUT2D eigenvalue weighted by atomic mass is 16.7. The van der Waals surface area contributed by atoms with Gasteiger partial charge in [0, 0.05) is 24.3 Å². The summed E-state index contributed by atoms with van der Waals surface area (Å²) < 4.78 is 1.97. The zero-order chi connectivity index (χ0) is 18.3. The molecule has 0 radical (unpaired) electrons. The van der Waals surface area contributed by atoms with E-state index in [4.69, 9.17) is 9.82 Å². The van der Waals surface area contributed by atoms with Crippen LogP contribution in [0.25, 0.3) is 16.7 Å². The summed E-state index contributed by atoms with van der Waals surface area (Å²) >= 11 is 0. The third-order valence-corrected chi connectivity index (χ3v) is 6.43. The normalized spacial score (nSPS) is 22.3. The van der Waals surface area contributed by atoms with Crippen LogP contribution >= 0.6 is 0 Å². The molecule has 1 aliphatic heterocycles. The van der Waals surface area contributed by atoms with Crippen molar-refractivity contribution in [2.45, 2.75) is 82.9 Å². The Morgan fingerprint density at radius 1 is 1.19 bits per heavy atom. The number of nitrogens with zero attached hydrogens (tertiary/aromatic N) is 3. The molecule has 0 amide bonds. The Morgan fingerprint density at radius 3 is 2.78 bits per heavy atom. The lowest BCUT2D eigenvalue weighted by atomic mass is 9.94. The monoisotopic (exact) mass is 367 g/mol. The molecule has 1 spiro atoms. The molecule has 6 heteroatoms. The molecule has 2 aromatic heterocycles. The van der Waals surface area contributed by atoms with Gasteiger partial charge in [-0.15, -0.1) is 0 Å². The standard InChI is InChI=1S/C21H29N5O/c1-2-26-20-17(14-23-26)19(24-15-8-4-3-5-9-15)16(13-22-20)18-12-21(27-25-18)10-6-7-11-21/h12-15,25H,2-11H2,1H3,(H,22,24). The summed E-state index contributed by atoms with van der Waals surface area (Å²) in [6.45, 7) is 2.93. The molecule has 2 N–H and O–H groups in total. The first-order valence-electron chi connectivity index (χ1n) is 10.6. The Labute approximate surface area is 160 Å². The van der Waals surface area contributed by atoms with Gasteiger partial charge in [-0.25, -0.2) is 9.67 Å². The summed E-state index contributed by atoms with van der Waals surface area (Å²) in [5.74, 6) is 0. The molecule has 6 nitrogen and oxygen atoms in total. The number of aromatic nitrogens is 3. The number of rotatable bonds is 4. The van der Waals surface area contributed by atoms with Crippen molar-refractivity contribution in [3.05, 3.63) is 24.0 Å². The highest BCUT2D eigenvalue weighted by molar-refractivity contribution is 5.95. The van der Waals surface area contributed by atoms with E-state index in [1.807, 2.05) is 17.1 Å². The van der Waals surface area contributed by atoms with Crippen molar-refractivity contribution in [2.75, 3.05) is 5.32 Å². The number of hydroxylamine groups is 1. The first-order chi connectivity index (χ1) is 13.3. The summed E-state index contributed by atoms with van der Waals surface area (Å²) in [6.07, 6.45) is 17.3. The maximum atomic E-state index is 6.03. The quantitative estimate of drug-likeness (QED) is 0.839. The predicted molar refractivity (Wildman–Crippen MR) is 107 cm³/mol. The second kappa shape index (κ2) is 6.82. The van der Waals surface area contributed by atoms with E-state index < -0.39 is 0 Å². The van der Waals surface area contributed by atoms with Gasteiger partial charge in [-0.1, -0.05) is 32.1 Å². The second-order valence-electron chi connectivity index (χ2n) is 8.26. The molecule has 27 heavy (non-hydrogen) atoms. The Balaban J connectivity index is 1.57. The average molecular weight is 367 g/mol. The maximum Gasteiger partial charge on any atom is 0.159 e. The number of anilines is 1. The van der Waals surface area contributed by atoms with Gasteiger partial charge in [0.25, 0.3) is 0 Å². The summed E-state index contributed by atoms with van der Waals surface area (Å²) in [6, 6.07) is 0.524. The molecule has 2 aromatic rings. The minimum Gasteiger partial charge on any atom is -0.381 e. The number of hydrogen-bond donors (Lipinski definition) is 2. The van der Waals surface area contributed by atoms with Crippen LogP contribution in [0.5, 0.6) is 0 Å². The zero-order valence-electron chi connectivity index (χ0n) is 16.1. The number of fused-ring (bicyclic) bond motifs is 1. The molecule has 5 rings (SSSR count). The van der Waals surface area contributed by atoms with E-state index in [1.54, 1.807) is 0 Å². The van der Waals surface area contributed by atoms with Crippen molar-refractivity contribution in [1.82, 2.24) is 20.2 Å². The number of aryl methyl sites for hydroxylation is 1. The van der Waals surface area contributed by atoms with E-state index in [1.165, 1.54) is 44.9 Å². The van der Waals surface area contributed by atoms with Gasteiger partial charge in [0.15, 0.2) is 5.65 Å². The highest BCUT2D eigenvalue weighted by Crippen LogP contribution is 2.41. The van der Waals surface area contributed by atoms with Crippen LogP contribution in [0.1, 0.15) is 70.3 Å². The van der Waals surface area contributed by atoms with Crippen molar-refractivity contribution >= 4 is 22.4 Å². The summed E-state index contributed by atoms with van der Waals surface area (Å²) in [5, 5.41) is 9.51. The van der Waals surface area contributed by atoms with Crippen molar-refractivity contribution < 1.29 is 4.84 Å². The van der Waals surface area contributed by atoms with Gasteiger partial charge < -0.3 is 5.32 Å². The summed E-state index contributed by atoms with van der Waals surface area (Å²) in [5.41, 5.74) is 7.36. The lowest BCUT2D eigenvalue weighted by Crippen LogP contribution is -2.25. The van der Waals surface area contributed by atoms with Crippen LogP contribution in [-0.4, -0.2) is 26.4 Å². The lowest BCUT2D eigenvalue weighted by Gasteiger charge is -2.25. The molecule has 144 valence electrons. The van der Waals surface area contributed by atoms with Crippen molar-refractivity contribution in [3.63, 3.8) is 0 Å². The fraction of sp³-hybridized carbons (Fsp3) is 0.619. The maximum absolute atomic E-state index is 6.03. The van der Waals surface area contributed by atoms with Crippen LogP contribution in [0.3, 0.4) is 0 Å². The molecule has 2 saturated carbocycles. The minimum atomic E-state index is -0.125. The number of nitrogens with one attached hydrogen (secondary N) is 2. The SMILES string of the molecule is CCn1ncc2c(NC3CCCCC3)c(C3=CC4(CCCC4)ON3)cnc21. The average Bonchev–Trinajstić information content (AvgIpc) is 3.44. The summed E-state index contributed by atoms with van der Waals surface area (Å²) in [7, 11) is 0. The first kappa shape index (κ1) is 17.0. The molecule has 0 aromatic carbocycles. The van der Waals surface area contributed by atoms with Gasteiger partial charge in [0.2, 0.25) is 0 Å². The minimum absolute atomic E-state index is 0.125. The van der Waals surface area contributed by atoms with E-state index in [2.05, 4.69) is 28.9 Å². The molecule has 2 aliphatic carbocycles. The fourth-order valence-corrected chi connectivity index (χ4v) is 4.90. The third-order valence-electron chi connectivity index (χ3n) is 6.43. The van der Waals surface area contributed by atoms with E-state index in [0.717, 1.165) is 47.4 Å². The highest BCUT2D eigenvalue weighted by Gasteiger charge is 2.39. The van der Waals surface area contributed by atoms with Gasteiger partial charge >= 0.3 is 0 Å². The van der Waals surface area contributed by atoms with Crippen LogP contribution in [0.15, 0.2) is 18.5 Å². The number of hydrogen-bond acceptors (Lipinski definition) is 5. The topological polar surface area (TPSA) is 64.0 Å². The second-order valence-corrected chi connectivity index (χ2v) is 8.26. The van der Waals surface area contributed by atoms with Crippen molar-refractivity contribution in [2.24, 2.45) is 0 Å². The van der Waals surface area contributed by atoms with Gasteiger partial charge in [0.05, 0.1) is 23.0 Å². The third kappa shape index (κ3) is 3.00. The Bertz CT molecular complexity index is 859. The molecule has 3 heterocycles. The van der Waals surface area contributed by atoms with Crippen LogP contribution < -0.4 is 10.8 Å². The van der Waals surface area contributed by atoms with Gasteiger partial charge in [0.1, 0.15) is 5.60 Å². The van der Waals surface area contributed by atoms with Crippen LogP contribution in [0.4, 0.5) is 5.69 Å². The predicted octanol–water partition coefficient (Wildman–Crippen LogP) is 4.38. The Kier molecular flexibility index (Phi) is 4.31. The summed E-state index contributed by atoms with van der Waals surface area (Å²) in [4.78, 5) is 10.8. The van der Waals surface area contributed by atoms with Gasteiger partial charge in [-0.3, -0.25) is 10.3 Å². The smallest absolute Gasteiger partial charge is 0.159 e. The van der Waals surface area contributed by atoms with E-state index in [0.29, 0.717) is 6.04 Å². The van der Waals surface area contributed by atoms with Gasteiger partial charge in [-0.2, -0.15) is 5.10 Å². The van der Waals surface area contributed by atoms with E-state index >= 15 is 0 Å². The van der Waals surface area contributed by atoms with Gasteiger partial charge in [-0.05, 0) is 38.7 Å². The van der Waals surface area contributed by atoms with E-state index in [-0.39, 0.29) is 5.60 Å². The number of pyridine rings is 1. The molecular weight excluding hydrogens is 338 g/mol. The van der Waals surface area contributed by atoms with Crippen molar-refractivity contribution in [1.29, 1.82) is 0 Å². The molecule has 3 aliphatic rings. The molecule has 0 atom stereocenters. The largest absolute Gasteiger partial charge is 0.381 e. The van der Waals surface area contributed by atoms with Crippen LogP contribution in [0, 0.1) is 0 Å². The van der Waals surface area contributed by atoms with Crippen LogP contribution in [0.2, 0.25) is 0 Å². The fourth-order valence-electron chi connectivity index (χ4n) is 4.90. The molecular formula is C21H29N5O. The first-order valence-corrected chi connectivity index (χ1v) is 10.6. The zero-order valence-corrected chi connectivity index (χ0v) is 16.1. The molecule has 0 bridgehead atoms. The van der Waals surface area contributed by atoms with Crippen molar-refractivity contribution in [3.8, 4) is 0 Å².